The van der Waals surface area contributed by atoms with E-state index >= 15 is 0 Å². The molecule has 0 saturated heterocycles. The van der Waals surface area contributed by atoms with Crippen molar-refractivity contribution in [3.8, 4) is 0 Å². The summed E-state index contributed by atoms with van der Waals surface area (Å²) in [5.41, 5.74) is 9.38. The fraction of sp³-hybridized carbons (Fsp3) is 0.300. The van der Waals surface area contributed by atoms with Gasteiger partial charge in [0, 0.05) is 0 Å². The number of hydrogen-bond donors (Lipinski definition) is 0. The zero-order valence-electron chi connectivity index (χ0n) is 11.9. The van der Waals surface area contributed by atoms with Gasteiger partial charge in [-0.15, -0.1) is 0 Å². The Kier molecular flexibility index (Phi) is 2.95. The third kappa shape index (κ3) is 1.91. The highest BCUT2D eigenvalue weighted by atomic mass is 14.3. The smallest absolute Gasteiger partial charge is 0.0189 e. The van der Waals surface area contributed by atoms with Crippen molar-refractivity contribution < 1.29 is 0 Å². The Hall–Kier alpha value is -1.82. The van der Waals surface area contributed by atoms with Gasteiger partial charge in [-0.25, -0.2) is 0 Å². The molecule has 0 aromatic heterocycles. The van der Waals surface area contributed by atoms with Crippen molar-refractivity contribution in [1.82, 2.24) is 0 Å². The molecule has 0 heteroatoms. The topological polar surface area (TPSA) is 0 Å². The van der Waals surface area contributed by atoms with Gasteiger partial charge in [0.05, 0.1) is 0 Å². The lowest BCUT2D eigenvalue weighted by Gasteiger charge is -2.27. The Morgan fingerprint density at radius 1 is 0.500 bits per heavy atom. The number of fused-ring (bicyclic) bond motifs is 2. The van der Waals surface area contributed by atoms with E-state index in [9.17, 15) is 0 Å². The van der Waals surface area contributed by atoms with Crippen LogP contribution in [0.3, 0.4) is 0 Å². The summed E-state index contributed by atoms with van der Waals surface area (Å²) in [7, 11) is 0. The molecule has 2 aromatic carbocycles. The van der Waals surface area contributed by atoms with E-state index in [1.807, 2.05) is 0 Å². The van der Waals surface area contributed by atoms with E-state index in [0.29, 0.717) is 0 Å². The Morgan fingerprint density at radius 2 is 0.950 bits per heavy atom. The SMILES string of the molecule is c1ccc2c(c1)CCC/C2=C1\CCCc2ccccc21. The standard InChI is InChI=1S/C20H20/c1-3-11-17-15(7-1)9-5-13-19(17)20-14-6-10-16-8-2-4-12-18(16)20/h1-4,7-8,11-12H,5-6,9-10,13-14H2/b20-19-. The van der Waals surface area contributed by atoms with E-state index in [1.54, 1.807) is 22.3 Å². The average molecular weight is 260 g/mol. The minimum absolute atomic E-state index is 1.24. The Morgan fingerprint density at radius 3 is 1.45 bits per heavy atom. The molecule has 2 aliphatic carbocycles. The number of benzene rings is 2. The van der Waals surface area contributed by atoms with Gasteiger partial charge in [0.2, 0.25) is 0 Å². The van der Waals surface area contributed by atoms with Crippen LogP contribution in [0.5, 0.6) is 0 Å². The quantitative estimate of drug-likeness (QED) is 0.605. The van der Waals surface area contributed by atoms with Crippen LogP contribution in [-0.2, 0) is 12.8 Å². The summed E-state index contributed by atoms with van der Waals surface area (Å²) < 4.78 is 0. The summed E-state index contributed by atoms with van der Waals surface area (Å²) >= 11 is 0. The largest absolute Gasteiger partial charge is 0.0620 e. The maximum Gasteiger partial charge on any atom is -0.0189 e. The third-order valence-electron chi connectivity index (χ3n) is 4.80. The molecule has 0 N–H and O–H groups in total. The molecule has 0 nitrogen and oxygen atoms in total. The molecule has 2 aromatic rings. The molecule has 100 valence electrons. The average Bonchev–Trinajstić information content (AvgIpc) is 2.54. The molecule has 0 heterocycles. The van der Waals surface area contributed by atoms with Crippen molar-refractivity contribution in [3.05, 3.63) is 70.8 Å². The van der Waals surface area contributed by atoms with Crippen molar-refractivity contribution in [2.45, 2.75) is 38.5 Å². The molecule has 0 bridgehead atoms. The Labute approximate surface area is 121 Å². The van der Waals surface area contributed by atoms with Crippen LogP contribution in [0.4, 0.5) is 0 Å². The summed E-state index contributed by atoms with van der Waals surface area (Å²) in [6.45, 7) is 0. The monoisotopic (exact) mass is 260 g/mol. The lowest BCUT2D eigenvalue weighted by Crippen LogP contribution is -2.08. The zero-order valence-corrected chi connectivity index (χ0v) is 11.9. The van der Waals surface area contributed by atoms with E-state index < -0.39 is 0 Å². The fourth-order valence-electron chi connectivity index (χ4n) is 3.87. The van der Waals surface area contributed by atoms with Crippen LogP contribution in [0.1, 0.15) is 47.9 Å². The first-order chi connectivity index (χ1) is 9.93. The predicted octanol–water partition coefficient (Wildman–Crippen LogP) is 5.27. The van der Waals surface area contributed by atoms with Crippen LogP contribution in [0.15, 0.2) is 48.5 Å². The van der Waals surface area contributed by atoms with E-state index in [1.165, 1.54) is 49.7 Å². The van der Waals surface area contributed by atoms with Crippen molar-refractivity contribution in [3.63, 3.8) is 0 Å². The van der Waals surface area contributed by atoms with E-state index in [4.69, 9.17) is 0 Å². The molecular formula is C20H20. The van der Waals surface area contributed by atoms with Crippen LogP contribution in [0, 0.1) is 0 Å². The molecule has 20 heavy (non-hydrogen) atoms. The number of rotatable bonds is 0. The predicted molar refractivity (Wildman–Crippen MR) is 85.6 cm³/mol. The first-order valence-corrected chi connectivity index (χ1v) is 7.82. The highest BCUT2D eigenvalue weighted by Gasteiger charge is 2.21. The molecule has 0 unspecified atom stereocenters. The van der Waals surface area contributed by atoms with Crippen molar-refractivity contribution in [1.29, 1.82) is 0 Å². The summed E-state index contributed by atoms with van der Waals surface area (Å²) in [5.74, 6) is 0. The lowest BCUT2D eigenvalue weighted by atomic mass is 9.78. The molecule has 0 amide bonds. The van der Waals surface area contributed by atoms with Gasteiger partial charge in [-0.1, -0.05) is 48.5 Å². The highest BCUT2D eigenvalue weighted by Crippen LogP contribution is 2.41. The van der Waals surface area contributed by atoms with E-state index in [-0.39, 0.29) is 0 Å². The van der Waals surface area contributed by atoms with Gasteiger partial charge >= 0.3 is 0 Å². The molecule has 4 rings (SSSR count). The van der Waals surface area contributed by atoms with E-state index in [0.717, 1.165) is 0 Å². The van der Waals surface area contributed by atoms with Gasteiger partial charge in [-0.3, -0.25) is 0 Å². The first kappa shape index (κ1) is 12.0. The zero-order chi connectivity index (χ0) is 13.4. The van der Waals surface area contributed by atoms with Crippen molar-refractivity contribution in [2.24, 2.45) is 0 Å². The van der Waals surface area contributed by atoms with Crippen LogP contribution in [0.2, 0.25) is 0 Å². The van der Waals surface area contributed by atoms with Gasteiger partial charge in [0.25, 0.3) is 0 Å². The Balaban J connectivity index is 1.93. The minimum atomic E-state index is 1.24. The van der Waals surface area contributed by atoms with Crippen molar-refractivity contribution in [2.75, 3.05) is 0 Å². The molecule has 0 aliphatic heterocycles. The fourth-order valence-corrected chi connectivity index (χ4v) is 3.87. The first-order valence-electron chi connectivity index (χ1n) is 7.82. The van der Waals surface area contributed by atoms with Gasteiger partial charge in [0.15, 0.2) is 0 Å². The molecule has 0 saturated carbocycles. The maximum absolute atomic E-state index is 2.33. The summed E-state index contributed by atoms with van der Waals surface area (Å²) in [6.07, 6.45) is 7.60. The minimum Gasteiger partial charge on any atom is -0.0620 e. The molecule has 0 fully saturated rings. The van der Waals surface area contributed by atoms with Gasteiger partial charge < -0.3 is 0 Å². The maximum atomic E-state index is 2.33. The number of aryl methyl sites for hydroxylation is 2. The highest BCUT2D eigenvalue weighted by molar-refractivity contribution is 5.93. The molecule has 0 spiro atoms. The third-order valence-corrected chi connectivity index (χ3v) is 4.80. The van der Waals surface area contributed by atoms with Gasteiger partial charge in [-0.2, -0.15) is 0 Å². The summed E-state index contributed by atoms with van der Waals surface area (Å²) in [5, 5.41) is 0. The van der Waals surface area contributed by atoms with Crippen LogP contribution >= 0.6 is 0 Å². The van der Waals surface area contributed by atoms with Gasteiger partial charge in [0.1, 0.15) is 0 Å². The summed E-state index contributed by atoms with van der Waals surface area (Å²) in [6, 6.07) is 18.0. The van der Waals surface area contributed by atoms with Crippen molar-refractivity contribution >= 4 is 11.1 Å². The molecule has 0 radical (unpaired) electrons. The lowest BCUT2D eigenvalue weighted by molar-refractivity contribution is 0.799. The molecule has 2 aliphatic rings. The second kappa shape index (κ2) is 4.94. The van der Waals surface area contributed by atoms with E-state index in [2.05, 4.69) is 48.5 Å². The van der Waals surface area contributed by atoms with Gasteiger partial charge in [-0.05, 0) is 71.9 Å². The number of allylic oxidation sites excluding steroid dienone is 2. The second-order valence-electron chi connectivity index (χ2n) is 5.98. The Bertz CT molecular complexity index is 616. The number of hydrogen-bond acceptors (Lipinski definition) is 0. The summed E-state index contributed by atoms with van der Waals surface area (Å²) in [4.78, 5) is 0. The van der Waals surface area contributed by atoms with Crippen LogP contribution in [-0.4, -0.2) is 0 Å². The van der Waals surface area contributed by atoms with Crippen LogP contribution < -0.4 is 0 Å². The molecule has 0 atom stereocenters. The normalized spacial score (nSPS) is 21.2. The van der Waals surface area contributed by atoms with Crippen LogP contribution in [0.25, 0.3) is 11.1 Å². The molecular weight excluding hydrogens is 240 g/mol. The second-order valence-corrected chi connectivity index (χ2v) is 5.98.